The summed E-state index contributed by atoms with van der Waals surface area (Å²) in [4.78, 5) is 4.62. The Bertz CT molecular complexity index is 648. The minimum Gasteiger partial charge on any atom is -0.489 e. The van der Waals surface area contributed by atoms with Crippen molar-refractivity contribution in [3.63, 3.8) is 0 Å². The van der Waals surface area contributed by atoms with E-state index in [1.165, 1.54) is 12.1 Å². The molecule has 1 aromatic rings. The Morgan fingerprint density at radius 1 is 1.39 bits per heavy atom. The summed E-state index contributed by atoms with van der Waals surface area (Å²) in [7, 11) is -0.739. The molecule has 2 N–H and O–H groups in total. The van der Waals surface area contributed by atoms with Gasteiger partial charge in [0.05, 0.1) is 6.54 Å². The molecule has 0 aromatic heterocycles. The third-order valence-corrected chi connectivity index (χ3v) is 6.35. The first-order valence-corrected chi connectivity index (χ1v) is 11.2. The van der Waals surface area contributed by atoms with Gasteiger partial charge in [0, 0.05) is 40.5 Å². The summed E-state index contributed by atoms with van der Waals surface area (Å²) in [5.41, 5.74) is 0. The molecule has 0 heterocycles. The lowest BCUT2D eigenvalue weighted by atomic mass is 9.95. The van der Waals surface area contributed by atoms with Crippen LogP contribution in [0.4, 0.5) is 4.39 Å². The van der Waals surface area contributed by atoms with Gasteiger partial charge < -0.3 is 15.4 Å². The highest BCUT2D eigenvalue weighted by Gasteiger charge is 2.26. The van der Waals surface area contributed by atoms with Gasteiger partial charge in [-0.1, -0.05) is 19.4 Å². The van der Waals surface area contributed by atoms with E-state index in [1.54, 1.807) is 12.1 Å². The molecule has 0 saturated heterocycles. The quantitative estimate of drug-likeness (QED) is 0.308. The number of aliphatic imine (C=N–C) groups is 1. The molecule has 1 saturated carbocycles. The zero-order valence-electron chi connectivity index (χ0n) is 16.9. The Balaban J connectivity index is 0.00000392. The van der Waals surface area contributed by atoms with Gasteiger partial charge in [0.2, 0.25) is 0 Å². The van der Waals surface area contributed by atoms with Crippen LogP contribution in [0, 0.1) is 5.82 Å². The van der Waals surface area contributed by atoms with Gasteiger partial charge >= 0.3 is 0 Å². The van der Waals surface area contributed by atoms with Crippen molar-refractivity contribution in [2.45, 2.75) is 63.9 Å². The van der Waals surface area contributed by atoms with Crippen LogP contribution in [0.25, 0.3) is 0 Å². The summed E-state index contributed by atoms with van der Waals surface area (Å²) in [6.07, 6.45) is 3.95. The molecule has 0 aliphatic heterocycles. The molecule has 4 unspecified atom stereocenters. The monoisotopic (exact) mass is 525 g/mol. The minimum atomic E-state index is -0.739. The first-order chi connectivity index (χ1) is 13.0. The molecule has 0 spiro atoms. The number of nitrogens with one attached hydrogen (secondary N) is 2. The van der Waals surface area contributed by atoms with Crippen molar-refractivity contribution < 1.29 is 13.3 Å². The largest absolute Gasteiger partial charge is 0.489 e. The van der Waals surface area contributed by atoms with E-state index in [1.807, 2.05) is 20.8 Å². The molecule has 28 heavy (non-hydrogen) atoms. The van der Waals surface area contributed by atoms with E-state index in [0.29, 0.717) is 12.3 Å². The van der Waals surface area contributed by atoms with E-state index in [0.717, 1.165) is 43.9 Å². The van der Waals surface area contributed by atoms with Gasteiger partial charge in [-0.05, 0) is 45.2 Å². The van der Waals surface area contributed by atoms with E-state index in [2.05, 4.69) is 15.6 Å². The van der Waals surface area contributed by atoms with Gasteiger partial charge in [-0.3, -0.25) is 4.21 Å². The van der Waals surface area contributed by atoms with E-state index >= 15 is 0 Å². The van der Waals surface area contributed by atoms with Crippen molar-refractivity contribution in [1.82, 2.24) is 10.6 Å². The third-order valence-electron chi connectivity index (χ3n) is 4.61. The van der Waals surface area contributed by atoms with Crippen LogP contribution >= 0.6 is 24.0 Å². The fourth-order valence-corrected chi connectivity index (χ4v) is 4.64. The smallest absolute Gasteiger partial charge is 0.191 e. The summed E-state index contributed by atoms with van der Waals surface area (Å²) in [5, 5.41) is 7.02. The van der Waals surface area contributed by atoms with Crippen LogP contribution in [0.3, 0.4) is 0 Å². The van der Waals surface area contributed by atoms with Crippen LogP contribution in [-0.4, -0.2) is 46.4 Å². The molecule has 1 aliphatic carbocycles. The van der Waals surface area contributed by atoms with Crippen molar-refractivity contribution in [2.24, 2.45) is 4.99 Å². The number of hydrogen-bond acceptors (Lipinski definition) is 3. The molecule has 4 atom stereocenters. The van der Waals surface area contributed by atoms with Crippen molar-refractivity contribution in [2.75, 3.05) is 18.8 Å². The lowest BCUT2D eigenvalue weighted by Crippen LogP contribution is -2.47. The number of halogens is 2. The fourth-order valence-electron chi connectivity index (χ4n) is 3.29. The molecule has 1 aromatic carbocycles. The van der Waals surface area contributed by atoms with Crippen molar-refractivity contribution >= 4 is 40.7 Å². The predicted molar refractivity (Wildman–Crippen MR) is 126 cm³/mol. The summed E-state index contributed by atoms with van der Waals surface area (Å²) >= 11 is 0. The molecule has 1 aliphatic rings. The number of hydrogen-bond donors (Lipinski definition) is 2. The van der Waals surface area contributed by atoms with Gasteiger partial charge in [0.25, 0.3) is 0 Å². The maximum absolute atomic E-state index is 13.3. The normalized spacial score (nSPS) is 21.9. The summed E-state index contributed by atoms with van der Waals surface area (Å²) in [6.45, 7) is 7.16. The SMILES string of the molecule is CCNC(=NCC(C)Oc1cccc(F)c1)NC1CCCC(S(=O)CC)C1.I. The Labute approximate surface area is 187 Å². The molecule has 0 radical (unpaired) electrons. The van der Waals surface area contributed by atoms with Crippen molar-refractivity contribution in [1.29, 1.82) is 0 Å². The van der Waals surface area contributed by atoms with Crippen molar-refractivity contribution in [3.8, 4) is 5.75 Å². The first-order valence-electron chi connectivity index (χ1n) is 9.86. The summed E-state index contributed by atoms with van der Waals surface area (Å²) < 4.78 is 31.1. The van der Waals surface area contributed by atoms with Crippen LogP contribution in [0.15, 0.2) is 29.3 Å². The Morgan fingerprint density at radius 2 is 2.18 bits per heavy atom. The highest BCUT2D eigenvalue weighted by molar-refractivity contribution is 14.0. The summed E-state index contributed by atoms with van der Waals surface area (Å²) in [6, 6.07) is 6.43. The number of benzene rings is 1. The summed E-state index contributed by atoms with van der Waals surface area (Å²) in [5.74, 6) is 1.67. The van der Waals surface area contributed by atoms with Crippen LogP contribution in [-0.2, 0) is 10.8 Å². The van der Waals surface area contributed by atoms with Crippen LogP contribution in [0.2, 0.25) is 0 Å². The van der Waals surface area contributed by atoms with Crippen LogP contribution in [0.1, 0.15) is 46.5 Å². The lowest BCUT2D eigenvalue weighted by molar-refractivity contribution is 0.229. The molecular weight excluding hydrogens is 492 g/mol. The number of ether oxygens (including phenoxy) is 1. The van der Waals surface area contributed by atoms with E-state index in [-0.39, 0.29) is 47.2 Å². The van der Waals surface area contributed by atoms with Crippen LogP contribution in [0.5, 0.6) is 5.75 Å². The average Bonchev–Trinajstić information content (AvgIpc) is 2.66. The molecule has 160 valence electrons. The third kappa shape index (κ3) is 8.63. The minimum absolute atomic E-state index is 0. The second-order valence-corrected chi connectivity index (χ2v) is 8.91. The standard InChI is InChI=1S/C20H32FN3O2S.HI/c1-4-22-20(24-17-9-7-11-19(13-17)27(25)5-2)23-14-15(3)26-18-10-6-8-16(21)12-18;/h6,8,10,12,15,17,19H,4-5,7,9,11,13-14H2,1-3H3,(H2,22,23,24);1H. The zero-order chi connectivity index (χ0) is 19.6. The Kier molecular flexibility index (Phi) is 12.0. The Hall–Kier alpha value is -0.900. The van der Waals surface area contributed by atoms with Gasteiger partial charge in [0.1, 0.15) is 17.7 Å². The average molecular weight is 525 g/mol. The van der Waals surface area contributed by atoms with Gasteiger partial charge in [-0.2, -0.15) is 0 Å². The van der Waals surface area contributed by atoms with Crippen LogP contribution < -0.4 is 15.4 Å². The van der Waals surface area contributed by atoms with Gasteiger partial charge in [0.15, 0.2) is 5.96 Å². The molecule has 0 amide bonds. The number of nitrogens with zero attached hydrogens (tertiary/aromatic N) is 1. The molecule has 5 nitrogen and oxygen atoms in total. The number of rotatable bonds is 8. The van der Waals surface area contributed by atoms with E-state index in [9.17, 15) is 8.60 Å². The topological polar surface area (TPSA) is 62.7 Å². The lowest BCUT2D eigenvalue weighted by Gasteiger charge is -2.30. The molecule has 2 rings (SSSR count). The molecule has 0 bridgehead atoms. The molecule has 1 fully saturated rings. The number of guanidine groups is 1. The fraction of sp³-hybridized carbons (Fsp3) is 0.650. The highest BCUT2D eigenvalue weighted by Crippen LogP contribution is 2.23. The first kappa shape index (κ1) is 25.1. The maximum atomic E-state index is 13.3. The van der Waals surface area contributed by atoms with E-state index < -0.39 is 10.8 Å². The van der Waals surface area contributed by atoms with E-state index in [4.69, 9.17) is 4.74 Å². The zero-order valence-corrected chi connectivity index (χ0v) is 20.1. The second kappa shape index (κ2) is 13.3. The second-order valence-electron chi connectivity index (χ2n) is 6.90. The Morgan fingerprint density at radius 3 is 2.86 bits per heavy atom. The molecular formula is C20H33FIN3O2S. The van der Waals surface area contributed by atoms with Gasteiger partial charge in [-0.25, -0.2) is 9.38 Å². The van der Waals surface area contributed by atoms with Crippen molar-refractivity contribution in [3.05, 3.63) is 30.1 Å². The maximum Gasteiger partial charge on any atom is 0.191 e. The predicted octanol–water partition coefficient (Wildman–Crippen LogP) is 3.85. The molecule has 8 heteroatoms. The van der Waals surface area contributed by atoms with Gasteiger partial charge in [-0.15, -0.1) is 24.0 Å². The highest BCUT2D eigenvalue weighted by atomic mass is 127.